The van der Waals surface area contributed by atoms with Gasteiger partial charge in [-0.3, -0.25) is 9.69 Å². The van der Waals surface area contributed by atoms with Crippen molar-refractivity contribution < 1.29 is 23.7 Å². The van der Waals surface area contributed by atoms with Gasteiger partial charge >= 0.3 is 0 Å². The number of nitrogens with zero attached hydrogens (tertiary/aromatic N) is 4. The van der Waals surface area contributed by atoms with Crippen molar-refractivity contribution in [3.63, 3.8) is 0 Å². The van der Waals surface area contributed by atoms with E-state index in [4.69, 9.17) is 18.9 Å². The van der Waals surface area contributed by atoms with Crippen LogP contribution in [-0.2, 0) is 36.7 Å². The van der Waals surface area contributed by atoms with E-state index in [1.54, 1.807) is 14.2 Å². The Bertz CT molecular complexity index is 1120. The van der Waals surface area contributed by atoms with Gasteiger partial charge < -0.3 is 28.7 Å². The number of morpholine rings is 1. The van der Waals surface area contributed by atoms with Crippen molar-refractivity contribution in [2.45, 2.75) is 70.8 Å². The molecule has 43 heavy (non-hydrogen) atoms. The molecule has 9 nitrogen and oxygen atoms in total. The monoisotopic (exact) mass is 596 g/mol. The van der Waals surface area contributed by atoms with Crippen LogP contribution in [-0.4, -0.2) is 106 Å². The molecule has 2 aliphatic rings. The Labute approximate surface area is 258 Å². The predicted molar refractivity (Wildman–Crippen MR) is 169 cm³/mol. The van der Waals surface area contributed by atoms with Gasteiger partial charge in [-0.1, -0.05) is 37.6 Å². The van der Waals surface area contributed by atoms with E-state index in [2.05, 4.69) is 65.0 Å². The van der Waals surface area contributed by atoms with Crippen molar-refractivity contribution in [1.82, 2.24) is 14.8 Å². The lowest BCUT2D eigenvalue weighted by atomic mass is 9.89. The maximum Gasteiger partial charge on any atom is 0.225 e. The third-order valence-corrected chi connectivity index (χ3v) is 8.66. The minimum Gasteiger partial charge on any atom is -0.381 e. The highest BCUT2D eigenvalue weighted by atomic mass is 16.7. The van der Waals surface area contributed by atoms with E-state index in [0.717, 1.165) is 77.3 Å². The number of rotatable bonds is 16. The van der Waals surface area contributed by atoms with Crippen LogP contribution in [0, 0.1) is 6.92 Å². The molecule has 0 N–H and O–H groups in total. The number of ether oxygens (including phenoxy) is 4. The van der Waals surface area contributed by atoms with Crippen LogP contribution in [0.3, 0.4) is 0 Å². The zero-order valence-corrected chi connectivity index (χ0v) is 26.8. The topological polar surface area (TPSA) is 76.6 Å². The van der Waals surface area contributed by atoms with Crippen LogP contribution in [0.2, 0.25) is 0 Å². The number of anilines is 1. The number of benzene rings is 1. The van der Waals surface area contributed by atoms with E-state index >= 15 is 0 Å². The van der Waals surface area contributed by atoms with Gasteiger partial charge in [0.1, 0.15) is 5.82 Å². The zero-order chi connectivity index (χ0) is 30.5. The molecule has 1 aromatic carbocycles. The summed E-state index contributed by atoms with van der Waals surface area (Å²) in [5.41, 5.74) is 3.76. The molecular formula is C34H52N4O5. The van der Waals surface area contributed by atoms with Crippen molar-refractivity contribution in [2.24, 2.45) is 0 Å². The van der Waals surface area contributed by atoms with Crippen molar-refractivity contribution in [2.75, 3.05) is 78.2 Å². The van der Waals surface area contributed by atoms with Crippen LogP contribution < -0.4 is 4.90 Å². The molecule has 2 aromatic rings. The fourth-order valence-corrected chi connectivity index (χ4v) is 6.00. The molecule has 0 unspecified atom stereocenters. The number of hydrogen-bond donors (Lipinski definition) is 0. The molecule has 1 spiro atoms. The highest BCUT2D eigenvalue weighted by Gasteiger charge is 2.40. The first-order chi connectivity index (χ1) is 20.9. The number of unbranched alkanes of at least 4 members (excludes halogenated alkanes) is 1. The Kier molecular flexibility index (Phi) is 13.2. The largest absolute Gasteiger partial charge is 0.381 e. The summed E-state index contributed by atoms with van der Waals surface area (Å²) in [6.07, 6.45) is 6.75. The fraction of sp³-hybridized carbons (Fsp3) is 0.647. The van der Waals surface area contributed by atoms with Gasteiger partial charge in [0.05, 0.1) is 38.4 Å². The maximum atomic E-state index is 12.8. The SMILES string of the molecule is CCCCN(CC(OC)OC)C(=O)CCOCCc1cccc(CN2CCC3(CC2)CN(c2cc(C)ccn2)CCO3)c1. The molecule has 2 aliphatic heterocycles. The molecule has 2 saturated heterocycles. The van der Waals surface area contributed by atoms with E-state index in [1.165, 1.54) is 16.7 Å². The summed E-state index contributed by atoms with van der Waals surface area (Å²) in [4.78, 5) is 24.2. The molecule has 0 atom stereocenters. The van der Waals surface area contributed by atoms with Crippen LogP contribution in [0.4, 0.5) is 5.82 Å². The van der Waals surface area contributed by atoms with Crippen LogP contribution in [0.15, 0.2) is 42.6 Å². The number of carbonyl (C=O) groups is 1. The van der Waals surface area contributed by atoms with Crippen molar-refractivity contribution in [3.05, 3.63) is 59.3 Å². The van der Waals surface area contributed by atoms with E-state index in [-0.39, 0.29) is 11.5 Å². The quantitative estimate of drug-likeness (QED) is 0.208. The molecule has 1 aromatic heterocycles. The first-order valence-electron chi connectivity index (χ1n) is 16.0. The summed E-state index contributed by atoms with van der Waals surface area (Å²) >= 11 is 0. The number of pyridine rings is 1. The second-order valence-electron chi connectivity index (χ2n) is 11.9. The molecule has 0 bridgehead atoms. The summed E-state index contributed by atoms with van der Waals surface area (Å²) < 4.78 is 22.9. The number of piperidine rings is 1. The summed E-state index contributed by atoms with van der Waals surface area (Å²) in [6.45, 7) is 12.0. The van der Waals surface area contributed by atoms with Crippen LogP contribution in [0.1, 0.15) is 55.7 Å². The summed E-state index contributed by atoms with van der Waals surface area (Å²) in [5.74, 6) is 1.14. The van der Waals surface area contributed by atoms with Gasteiger partial charge in [0.25, 0.3) is 0 Å². The Morgan fingerprint density at radius 2 is 1.88 bits per heavy atom. The first-order valence-corrected chi connectivity index (χ1v) is 16.0. The van der Waals surface area contributed by atoms with Gasteiger partial charge in [-0.05, 0) is 61.4 Å². The number of amides is 1. The number of likely N-dealkylation sites (tertiary alicyclic amines) is 1. The Morgan fingerprint density at radius 1 is 1.09 bits per heavy atom. The third-order valence-electron chi connectivity index (χ3n) is 8.66. The molecule has 0 saturated carbocycles. The predicted octanol–water partition coefficient (Wildman–Crippen LogP) is 4.46. The molecule has 238 valence electrons. The second kappa shape index (κ2) is 17.1. The molecule has 3 heterocycles. The summed E-state index contributed by atoms with van der Waals surface area (Å²) in [6, 6.07) is 13.0. The minimum absolute atomic E-state index is 0.0797. The molecule has 0 aliphatic carbocycles. The third kappa shape index (κ3) is 10.3. The number of aryl methyl sites for hydroxylation is 1. The molecule has 0 radical (unpaired) electrons. The number of hydrogen-bond acceptors (Lipinski definition) is 8. The summed E-state index contributed by atoms with van der Waals surface area (Å²) in [5, 5.41) is 0. The second-order valence-corrected chi connectivity index (χ2v) is 11.9. The Balaban J connectivity index is 1.18. The smallest absolute Gasteiger partial charge is 0.225 e. The molecule has 2 fully saturated rings. The minimum atomic E-state index is -0.410. The van der Waals surface area contributed by atoms with Gasteiger partial charge in [-0.15, -0.1) is 0 Å². The molecule has 1 amide bonds. The van der Waals surface area contributed by atoms with E-state index < -0.39 is 6.29 Å². The van der Waals surface area contributed by atoms with Crippen molar-refractivity contribution in [1.29, 1.82) is 0 Å². The van der Waals surface area contributed by atoms with Gasteiger partial charge in [0, 0.05) is 59.7 Å². The summed E-state index contributed by atoms with van der Waals surface area (Å²) in [7, 11) is 3.20. The molecular weight excluding hydrogens is 544 g/mol. The molecule has 9 heteroatoms. The normalized spacial score (nSPS) is 17.1. The number of carbonyl (C=O) groups excluding carboxylic acids is 1. The highest BCUT2D eigenvalue weighted by Crippen LogP contribution is 2.32. The lowest BCUT2D eigenvalue weighted by Gasteiger charge is -2.47. The van der Waals surface area contributed by atoms with Gasteiger partial charge in [0.15, 0.2) is 6.29 Å². The average Bonchev–Trinajstić information content (AvgIpc) is 3.02. The highest BCUT2D eigenvalue weighted by molar-refractivity contribution is 5.76. The van der Waals surface area contributed by atoms with Crippen molar-refractivity contribution in [3.8, 4) is 0 Å². The van der Waals surface area contributed by atoms with Crippen LogP contribution >= 0.6 is 0 Å². The lowest BCUT2D eigenvalue weighted by Crippen LogP contribution is -2.57. The number of aromatic nitrogens is 1. The standard InChI is InChI=1S/C34H52N4O5/c1-5-6-16-37(26-33(40-3)41-4)32(39)12-21-42-20-11-29-8-7-9-30(24-29)25-36-17-13-34(14-18-36)27-38(19-22-43-34)31-23-28(2)10-15-35-31/h7-10,15,23-24,33H,5-6,11-14,16-22,25-27H2,1-4H3. The molecule has 4 rings (SSSR count). The van der Waals surface area contributed by atoms with Crippen LogP contribution in [0.5, 0.6) is 0 Å². The van der Waals surface area contributed by atoms with E-state index in [0.29, 0.717) is 32.7 Å². The van der Waals surface area contributed by atoms with Gasteiger partial charge in [-0.25, -0.2) is 4.98 Å². The Morgan fingerprint density at radius 3 is 2.63 bits per heavy atom. The number of methoxy groups -OCH3 is 2. The van der Waals surface area contributed by atoms with Gasteiger partial charge in [0.2, 0.25) is 5.91 Å². The Hall–Kier alpha value is -2.56. The fourth-order valence-electron chi connectivity index (χ4n) is 6.00. The van der Waals surface area contributed by atoms with Crippen LogP contribution in [0.25, 0.3) is 0 Å². The zero-order valence-electron chi connectivity index (χ0n) is 26.8. The first kappa shape index (κ1) is 33.3. The van der Waals surface area contributed by atoms with Crippen molar-refractivity contribution >= 4 is 11.7 Å². The van der Waals surface area contributed by atoms with E-state index in [1.807, 2.05) is 11.1 Å². The van der Waals surface area contributed by atoms with Gasteiger partial charge in [-0.2, -0.15) is 0 Å². The lowest BCUT2D eigenvalue weighted by molar-refractivity contribution is -0.146. The van der Waals surface area contributed by atoms with E-state index in [9.17, 15) is 4.79 Å². The average molecular weight is 597 g/mol. The maximum absolute atomic E-state index is 12.8.